The third-order valence-corrected chi connectivity index (χ3v) is 5.25. The second kappa shape index (κ2) is 6.08. The van der Waals surface area contributed by atoms with Gasteiger partial charge in [-0.05, 0) is 25.0 Å². The first kappa shape index (κ1) is 15.2. The minimum atomic E-state index is -3.77. The molecular weight excluding hydrogens is 298 g/mol. The van der Waals surface area contributed by atoms with Crippen molar-refractivity contribution in [2.45, 2.75) is 49.0 Å². The Hall–Kier alpha value is -1.16. The lowest BCUT2D eigenvalue weighted by Crippen LogP contribution is -2.46. The van der Waals surface area contributed by atoms with Crippen LogP contribution in [0.25, 0.3) is 0 Å². The van der Waals surface area contributed by atoms with Gasteiger partial charge in [-0.1, -0.05) is 37.3 Å². The van der Waals surface area contributed by atoms with Crippen LogP contribution in [0.2, 0.25) is 5.15 Å². The summed E-state index contributed by atoms with van der Waals surface area (Å²) in [6, 6.07) is 4.81. The number of nitrogens with one attached hydrogen (secondary N) is 1. The minimum absolute atomic E-state index is 0.0383. The van der Waals surface area contributed by atoms with Crippen molar-refractivity contribution in [3.8, 4) is 6.07 Å². The molecule has 20 heavy (non-hydrogen) atoms. The Morgan fingerprint density at radius 1 is 1.30 bits per heavy atom. The van der Waals surface area contributed by atoms with Gasteiger partial charge in [-0.25, -0.2) is 13.4 Å². The summed E-state index contributed by atoms with van der Waals surface area (Å²) in [6.45, 7) is 0. The number of nitriles is 1. The predicted molar refractivity (Wildman–Crippen MR) is 75.6 cm³/mol. The Bertz CT molecular complexity index is 617. The predicted octanol–water partition coefficient (Wildman–Crippen LogP) is 2.63. The highest BCUT2D eigenvalue weighted by molar-refractivity contribution is 7.89. The van der Waals surface area contributed by atoms with Crippen LogP contribution in [0.5, 0.6) is 0 Å². The number of hydrogen-bond donors (Lipinski definition) is 1. The van der Waals surface area contributed by atoms with Crippen LogP contribution in [0.1, 0.15) is 38.5 Å². The van der Waals surface area contributed by atoms with Crippen molar-refractivity contribution in [3.63, 3.8) is 0 Å². The van der Waals surface area contributed by atoms with E-state index in [2.05, 4.69) is 15.8 Å². The number of rotatable bonds is 3. The number of sulfonamides is 1. The molecular formula is C13H16ClN3O2S. The Morgan fingerprint density at radius 3 is 2.50 bits per heavy atom. The molecule has 0 amide bonds. The van der Waals surface area contributed by atoms with Crippen molar-refractivity contribution in [1.82, 2.24) is 9.71 Å². The van der Waals surface area contributed by atoms with E-state index in [4.69, 9.17) is 11.6 Å². The molecule has 5 nitrogen and oxygen atoms in total. The summed E-state index contributed by atoms with van der Waals surface area (Å²) in [5, 5.41) is 9.53. The number of nitrogens with zero attached hydrogens (tertiary/aromatic N) is 2. The molecule has 1 saturated carbocycles. The Kier molecular flexibility index (Phi) is 4.63. The van der Waals surface area contributed by atoms with Gasteiger partial charge in [-0.2, -0.15) is 9.98 Å². The van der Waals surface area contributed by atoms with Crippen molar-refractivity contribution in [2.24, 2.45) is 0 Å². The molecule has 0 saturated heterocycles. The highest BCUT2D eigenvalue weighted by Gasteiger charge is 2.35. The zero-order valence-corrected chi connectivity index (χ0v) is 12.5. The topological polar surface area (TPSA) is 82.9 Å². The molecule has 0 unspecified atom stereocenters. The summed E-state index contributed by atoms with van der Waals surface area (Å²) >= 11 is 5.72. The summed E-state index contributed by atoms with van der Waals surface area (Å²) < 4.78 is 27.3. The molecule has 108 valence electrons. The maximum absolute atomic E-state index is 12.4. The lowest BCUT2D eigenvalue weighted by atomic mass is 9.94. The summed E-state index contributed by atoms with van der Waals surface area (Å²) in [6.07, 6.45) is 6.20. The average Bonchev–Trinajstić information content (AvgIpc) is 2.64. The minimum Gasteiger partial charge on any atom is -0.244 e. The van der Waals surface area contributed by atoms with Crippen molar-refractivity contribution in [3.05, 3.63) is 23.5 Å². The van der Waals surface area contributed by atoms with E-state index in [1.807, 2.05) is 0 Å². The average molecular weight is 314 g/mol. The largest absolute Gasteiger partial charge is 0.244 e. The van der Waals surface area contributed by atoms with Crippen LogP contribution in [0.3, 0.4) is 0 Å². The van der Waals surface area contributed by atoms with E-state index in [9.17, 15) is 13.7 Å². The highest BCUT2D eigenvalue weighted by Crippen LogP contribution is 2.28. The summed E-state index contributed by atoms with van der Waals surface area (Å²) in [5.74, 6) is 0. The van der Waals surface area contributed by atoms with Crippen molar-refractivity contribution in [2.75, 3.05) is 0 Å². The molecule has 2 rings (SSSR count). The van der Waals surface area contributed by atoms with E-state index in [1.165, 1.54) is 18.3 Å². The molecule has 1 N–H and O–H groups in total. The van der Waals surface area contributed by atoms with E-state index in [1.54, 1.807) is 0 Å². The van der Waals surface area contributed by atoms with Crippen molar-refractivity contribution in [1.29, 1.82) is 5.26 Å². The smallest absolute Gasteiger partial charge is 0.242 e. The Balaban J connectivity index is 2.28. The van der Waals surface area contributed by atoms with E-state index < -0.39 is 15.6 Å². The van der Waals surface area contributed by atoms with Gasteiger partial charge >= 0.3 is 0 Å². The maximum Gasteiger partial charge on any atom is 0.242 e. The monoisotopic (exact) mass is 313 g/mol. The summed E-state index contributed by atoms with van der Waals surface area (Å²) in [5.41, 5.74) is -1.01. The molecule has 0 aromatic carbocycles. The Labute approximate surface area is 124 Å². The molecule has 0 bridgehead atoms. The molecule has 1 aliphatic carbocycles. The first-order chi connectivity index (χ1) is 9.47. The lowest BCUT2D eigenvalue weighted by molar-refractivity contribution is 0.422. The normalized spacial score (nSPS) is 19.0. The SMILES string of the molecule is N#CC1(NS(=O)(=O)c2ccnc(Cl)c2)CCCCCC1. The van der Waals surface area contributed by atoms with Gasteiger partial charge < -0.3 is 0 Å². The van der Waals surface area contributed by atoms with Gasteiger partial charge in [0.25, 0.3) is 0 Å². The number of halogens is 1. The molecule has 1 aliphatic rings. The molecule has 0 atom stereocenters. The van der Waals surface area contributed by atoms with Gasteiger partial charge in [-0.3, -0.25) is 0 Å². The standard InChI is InChI=1S/C13H16ClN3O2S/c14-12-9-11(5-8-16-12)20(18,19)17-13(10-15)6-3-1-2-4-7-13/h5,8-9,17H,1-4,6-7H2. The fourth-order valence-corrected chi connectivity index (χ4v) is 4.06. The van der Waals surface area contributed by atoms with Crippen LogP contribution in [0.4, 0.5) is 0 Å². The molecule has 0 radical (unpaired) electrons. The van der Waals surface area contributed by atoms with Gasteiger partial charge in [0.1, 0.15) is 10.7 Å². The third-order valence-electron chi connectivity index (χ3n) is 3.51. The number of pyridine rings is 1. The molecule has 1 aromatic heterocycles. The second-order valence-corrected chi connectivity index (χ2v) is 7.10. The molecule has 1 aromatic rings. The van der Waals surface area contributed by atoms with Gasteiger partial charge in [0.15, 0.2) is 0 Å². The Morgan fingerprint density at radius 2 is 1.95 bits per heavy atom. The van der Waals surface area contributed by atoms with Crippen molar-refractivity contribution < 1.29 is 8.42 Å². The van der Waals surface area contributed by atoms with Gasteiger partial charge in [0, 0.05) is 6.20 Å². The number of aromatic nitrogens is 1. The molecule has 0 spiro atoms. The summed E-state index contributed by atoms with van der Waals surface area (Å²) in [4.78, 5) is 3.80. The zero-order valence-electron chi connectivity index (χ0n) is 11.0. The number of hydrogen-bond acceptors (Lipinski definition) is 4. The molecule has 0 aliphatic heterocycles. The quantitative estimate of drug-likeness (QED) is 0.687. The van der Waals surface area contributed by atoms with Crippen LogP contribution in [0.15, 0.2) is 23.2 Å². The van der Waals surface area contributed by atoms with Gasteiger partial charge in [-0.15, -0.1) is 0 Å². The van der Waals surface area contributed by atoms with Crippen LogP contribution in [-0.4, -0.2) is 18.9 Å². The van der Waals surface area contributed by atoms with Gasteiger partial charge in [0.05, 0.1) is 11.0 Å². The fraction of sp³-hybridized carbons (Fsp3) is 0.538. The lowest BCUT2D eigenvalue weighted by Gasteiger charge is -2.25. The third kappa shape index (κ3) is 3.48. The maximum atomic E-state index is 12.4. The van der Waals surface area contributed by atoms with E-state index in [0.717, 1.165) is 25.7 Å². The van der Waals surface area contributed by atoms with Crippen LogP contribution >= 0.6 is 11.6 Å². The van der Waals surface area contributed by atoms with Crippen LogP contribution in [-0.2, 0) is 10.0 Å². The molecule has 7 heteroatoms. The fourth-order valence-electron chi connectivity index (χ4n) is 2.44. The van der Waals surface area contributed by atoms with E-state index in [0.29, 0.717) is 12.8 Å². The van der Waals surface area contributed by atoms with Gasteiger partial charge in [0.2, 0.25) is 10.0 Å². The first-order valence-corrected chi connectivity index (χ1v) is 8.40. The van der Waals surface area contributed by atoms with Crippen molar-refractivity contribution >= 4 is 21.6 Å². The second-order valence-electron chi connectivity index (χ2n) is 5.03. The van der Waals surface area contributed by atoms with Crippen LogP contribution in [0, 0.1) is 11.3 Å². The van der Waals surface area contributed by atoms with E-state index in [-0.39, 0.29) is 10.0 Å². The highest BCUT2D eigenvalue weighted by atomic mass is 35.5. The zero-order chi connectivity index (χ0) is 14.6. The van der Waals surface area contributed by atoms with Crippen LogP contribution < -0.4 is 4.72 Å². The molecule has 1 heterocycles. The summed E-state index contributed by atoms with van der Waals surface area (Å²) in [7, 11) is -3.77. The van der Waals surface area contributed by atoms with E-state index >= 15 is 0 Å². The first-order valence-electron chi connectivity index (χ1n) is 6.54. The molecule has 1 fully saturated rings.